The maximum Gasteiger partial charge on any atom is 0.168 e. The number of hydrogen-bond donors (Lipinski definition) is 0. The lowest BCUT2D eigenvalue weighted by molar-refractivity contribution is 0.0993. The molecule has 0 saturated carbocycles. The third-order valence-corrected chi connectivity index (χ3v) is 4.20. The predicted molar refractivity (Wildman–Crippen MR) is 89.6 cm³/mol. The van der Waals surface area contributed by atoms with Crippen molar-refractivity contribution in [2.75, 3.05) is 0 Å². The van der Waals surface area contributed by atoms with Crippen LogP contribution < -0.4 is 4.74 Å². The number of benzene rings is 2. The molecular weight excluding hydrogens is 292 g/mol. The van der Waals surface area contributed by atoms with Crippen molar-refractivity contribution >= 4 is 17.1 Å². The number of ether oxygens (including phenoxy) is 1. The van der Waals surface area contributed by atoms with Gasteiger partial charge in [0.15, 0.2) is 5.78 Å². The molecule has 0 atom stereocenters. The second kappa shape index (κ2) is 7.05. The lowest BCUT2D eigenvalue weighted by Gasteiger charge is -2.07. The van der Waals surface area contributed by atoms with Gasteiger partial charge in [-0.15, -0.1) is 11.3 Å². The van der Waals surface area contributed by atoms with Crippen LogP contribution in [0.3, 0.4) is 0 Å². The minimum Gasteiger partial charge on any atom is -0.489 e. The van der Waals surface area contributed by atoms with E-state index in [-0.39, 0.29) is 5.78 Å². The summed E-state index contributed by atoms with van der Waals surface area (Å²) in [6.07, 6.45) is 0.444. The van der Waals surface area contributed by atoms with Crippen LogP contribution in [-0.4, -0.2) is 5.78 Å². The quantitative estimate of drug-likeness (QED) is 0.614. The van der Waals surface area contributed by atoms with Crippen molar-refractivity contribution in [2.24, 2.45) is 0 Å². The minimum atomic E-state index is 0.118. The van der Waals surface area contributed by atoms with E-state index in [9.17, 15) is 4.79 Å². The maximum absolute atomic E-state index is 12.3. The van der Waals surface area contributed by atoms with E-state index in [1.165, 1.54) is 0 Å². The van der Waals surface area contributed by atoms with Crippen LogP contribution in [-0.2, 0) is 13.0 Å². The zero-order valence-corrected chi connectivity index (χ0v) is 12.9. The number of ketones is 1. The lowest BCUT2D eigenvalue weighted by Crippen LogP contribution is -2.03. The smallest absolute Gasteiger partial charge is 0.168 e. The van der Waals surface area contributed by atoms with E-state index >= 15 is 0 Å². The van der Waals surface area contributed by atoms with Crippen molar-refractivity contribution in [2.45, 2.75) is 13.0 Å². The zero-order chi connectivity index (χ0) is 15.2. The average Bonchev–Trinajstić information content (AvgIpc) is 3.07. The van der Waals surface area contributed by atoms with Gasteiger partial charge in [-0.25, -0.2) is 0 Å². The largest absolute Gasteiger partial charge is 0.489 e. The van der Waals surface area contributed by atoms with Crippen molar-refractivity contribution in [3.63, 3.8) is 0 Å². The van der Waals surface area contributed by atoms with Gasteiger partial charge in [0.1, 0.15) is 12.4 Å². The van der Waals surface area contributed by atoms with E-state index in [0.717, 1.165) is 16.2 Å². The molecule has 3 heteroatoms. The highest BCUT2D eigenvalue weighted by atomic mass is 32.1. The number of Topliss-reactive ketones (excluding diaryl/α,β-unsaturated/α-hetero) is 1. The molecule has 2 nitrogen and oxygen atoms in total. The lowest BCUT2D eigenvalue weighted by atomic mass is 10.1. The number of carbonyl (C=O) groups is 1. The van der Waals surface area contributed by atoms with Crippen molar-refractivity contribution in [3.05, 3.63) is 88.1 Å². The summed E-state index contributed by atoms with van der Waals surface area (Å²) >= 11 is 1.61. The molecule has 0 bridgehead atoms. The fourth-order valence-electron chi connectivity index (χ4n) is 2.17. The first-order chi connectivity index (χ1) is 10.8. The molecular formula is C19H16O2S. The minimum absolute atomic E-state index is 0.118. The molecule has 22 heavy (non-hydrogen) atoms. The van der Waals surface area contributed by atoms with E-state index in [1.807, 2.05) is 72.1 Å². The standard InChI is InChI=1S/C19H16O2S/c20-19(13-18-10-5-11-22-18)16-8-4-9-17(12-16)21-14-15-6-2-1-3-7-15/h1-12H,13-14H2. The van der Waals surface area contributed by atoms with Crippen molar-refractivity contribution in [1.82, 2.24) is 0 Å². The molecule has 2 aromatic carbocycles. The van der Waals surface area contributed by atoms with Crippen LogP contribution >= 0.6 is 11.3 Å². The molecule has 0 radical (unpaired) electrons. The summed E-state index contributed by atoms with van der Waals surface area (Å²) in [5.41, 5.74) is 1.80. The SMILES string of the molecule is O=C(Cc1cccs1)c1cccc(OCc2ccccc2)c1. The predicted octanol–water partition coefficient (Wildman–Crippen LogP) is 4.75. The van der Waals surface area contributed by atoms with Gasteiger partial charge in [0.05, 0.1) is 0 Å². The van der Waals surface area contributed by atoms with E-state index in [0.29, 0.717) is 18.6 Å². The Morgan fingerprint density at radius 2 is 1.82 bits per heavy atom. The second-order valence-corrected chi connectivity index (χ2v) is 6.01. The molecule has 0 fully saturated rings. The Bertz CT molecular complexity index is 733. The first kappa shape index (κ1) is 14.5. The van der Waals surface area contributed by atoms with Gasteiger partial charge in [-0.1, -0.05) is 48.5 Å². The summed E-state index contributed by atoms with van der Waals surface area (Å²) in [5, 5.41) is 1.99. The van der Waals surface area contributed by atoms with Crippen LogP contribution in [0.5, 0.6) is 5.75 Å². The van der Waals surface area contributed by atoms with Gasteiger partial charge < -0.3 is 4.74 Å². The molecule has 0 aliphatic rings. The third kappa shape index (κ3) is 3.83. The highest BCUT2D eigenvalue weighted by molar-refractivity contribution is 7.10. The van der Waals surface area contributed by atoms with E-state index in [2.05, 4.69) is 0 Å². The molecule has 0 spiro atoms. The summed E-state index contributed by atoms with van der Waals surface area (Å²) < 4.78 is 5.77. The molecule has 1 heterocycles. The Morgan fingerprint density at radius 1 is 0.955 bits per heavy atom. The molecule has 0 unspecified atom stereocenters. The van der Waals surface area contributed by atoms with Crippen LogP contribution in [0.2, 0.25) is 0 Å². The highest BCUT2D eigenvalue weighted by Gasteiger charge is 2.09. The van der Waals surface area contributed by atoms with Crippen LogP contribution in [0.1, 0.15) is 20.8 Å². The van der Waals surface area contributed by atoms with E-state index in [1.54, 1.807) is 11.3 Å². The van der Waals surface area contributed by atoms with Crippen molar-refractivity contribution in [3.8, 4) is 5.75 Å². The molecule has 1 aromatic heterocycles. The summed E-state index contributed by atoms with van der Waals surface area (Å²) in [6.45, 7) is 0.503. The number of hydrogen-bond acceptors (Lipinski definition) is 3. The molecule has 0 aliphatic heterocycles. The fourth-order valence-corrected chi connectivity index (χ4v) is 2.88. The Balaban J connectivity index is 1.65. The highest BCUT2D eigenvalue weighted by Crippen LogP contribution is 2.18. The van der Waals surface area contributed by atoms with Crippen LogP contribution in [0.4, 0.5) is 0 Å². The Labute approximate surface area is 134 Å². The molecule has 110 valence electrons. The summed E-state index contributed by atoms with van der Waals surface area (Å²) in [4.78, 5) is 13.4. The van der Waals surface area contributed by atoms with Gasteiger partial charge in [-0.2, -0.15) is 0 Å². The molecule has 0 N–H and O–H groups in total. The van der Waals surface area contributed by atoms with Crippen LogP contribution in [0.25, 0.3) is 0 Å². The summed E-state index contributed by atoms with van der Waals surface area (Å²) in [7, 11) is 0. The maximum atomic E-state index is 12.3. The molecule has 0 amide bonds. The normalized spacial score (nSPS) is 10.4. The molecule has 0 saturated heterocycles. The van der Waals surface area contributed by atoms with Crippen LogP contribution in [0, 0.1) is 0 Å². The van der Waals surface area contributed by atoms with Gasteiger partial charge in [-0.3, -0.25) is 4.79 Å². The van der Waals surface area contributed by atoms with Crippen molar-refractivity contribution < 1.29 is 9.53 Å². The number of rotatable bonds is 6. The number of thiophene rings is 1. The van der Waals surface area contributed by atoms with Gasteiger partial charge in [0.25, 0.3) is 0 Å². The molecule has 3 rings (SSSR count). The first-order valence-corrected chi connectivity index (χ1v) is 8.01. The summed E-state index contributed by atoms with van der Waals surface area (Å²) in [5.74, 6) is 0.841. The first-order valence-electron chi connectivity index (χ1n) is 7.13. The van der Waals surface area contributed by atoms with Gasteiger partial charge >= 0.3 is 0 Å². The molecule has 3 aromatic rings. The topological polar surface area (TPSA) is 26.3 Å². The zero-order valence-electron chi connectivity index (χ0n) is 12.1. The second-order valence-electron chi connectivity index (χ2n) is 4.98. The Morgan fingerprint density at radius 3 is 2.59 bits per heavy atom. The molecule has 0 aliphatic carbocycles. The third-order valence-electron chi connectivity index (χ3n) is 3.32. The van der Waals surface area contributed by atoms with Gasteiger partial charge in [0.2, 0.25) is 0 Å². The average molecular weight is 308 g/mol. The van der Waals surface area contributed by atoms with Crippen molar-refractivity contribution in [1.29, 1.82) is 0 Å². The van der Waals surface area contributed by atoms with Crippen LogP contribution in [0.15, 0.2) is 72.1 Å². The fraction of sp³-hybridized carbons (Fsp3) is 0.105. The monoisotopic (exact) mass is 308 g/mol. The van der Waals surface area contributed by atoms with Gasteiger partial charge in [0, 0.05) is 16.9 Å². The Kier molecular flexibility index (Phi) is 4.66. The summed E-state index contributed by atoms with van der Waals surface area (Å²) in [6, 6.07) is 21.3. The number of carbonyl (C=O) groups excluding carboxylic acids is 1. The van der Waals surface area contributed by atoms with E-state index in [4.69, 9.17) is 4.74 Å². The Hall–Kier alpha value is -2.39. The van der Waals surface area contributed by atoms with E-state index < -0.39 is 0 Å². The van der Waals surface area contributed by atoms with Gasteiger partial charge in [-0.05, 0) is 29.1 Å².